The molecule has 0 spiro atoms. The number of carbonyl (C=O) groups excluding carboxylic acids is 1. The van der Waals surface area contributed by atoms with E-state index in [2.05, 4.69) is 10.4 Å². The number of pyridine rings is 1. The van der Waals surface area contributed by atoms with Gasteiger partial charge in [0, 0.05) is 6.54 Å². The van der Waals surface area contributed by atoms with Crippen LogP contribution in [0.4, 0.5) is 5.69 Å². The van der Waals surface area contributed by atoms with Crippen molar-refractivity contribution in [2.24, 2.45) is 0 Å². The number of hydrogen-bond acceptors (Lipinski definition) is 4. The first-order valence-corrected chi connectivity index (χ1v) is 7.70. The lowest BCUT2D eigenvalue weighted by Gasteiger charge is -2.10. The maximum Gasteiger partial charge on any atom is 0.255 e. The van der Waals surface area contributed by atoms with Crippen LogP contribution in [0.3, 0.4) is 0 Å². The van der Waals surface area contributed by atoms with Gasteiger partial charge in [-0.25, -0.2) is 9.67 Å². The Morgan fingerprint density at radius 1 is 1.26 bits per heavy atom. The van der Waals surface area contributed by atoms with E-state index in [-0.39, 0.29) is 5.91 Å². The van der Waals surface area contributed by atoms with Gasteiger partial charge in [-0.05, 0) is 18.4 Å². The second kappa shape index (κ2) is 5.39. The quantitative estimate of drug-likeness (QED) is 0.755. The molecule has 0 saturated heterocycles. The second-order valence-electron chi connectivity index (χ2n) is 5.73. The summed E-state index contributed by atoms with van der Waals surface area (Å²) in [7, 11) is 0. The van der Waals surface area contributed by atoms with Crippen LogP contribution in [0.25, 0.3) is 11.0 Å². The lowest BCUT2D eigenvalue weighted by molar-refractivity contribution is 0.0957. The molecular weight excluding hydrogens is 290 g/mol. The number of rotatable bonds is 2. The summed E-state index contributed by atoms with van der Waals surface area (Å²) in [4.78, 5) is 16.9. The van der Waals surface area contributed by atoms with E-state index in [1.165, 1.54) is 0 Å². The molecule has 1 aliphatic rings. The fourth-order valence-electron chi connectivity index (χ4n) is 3.01. The zero-order valence-corrected chi connectivity index (χ0v) is 12.6. The first-order valence-electron chi connectivity index (χ1n) is 7.70. The predicted molar refractivity (Wildman–Crippen MR) is 88.1 cm³/mol. The molecule has 4 rings (SSSR count). The molecule has 116 valence electrons. The number of carbonyl (C=O) groups is 1. The highest BCUT2D eigenvalue weighted by atomic mass is 16.1. The Morgan fingerprint density at radius 2 is 2.09 bits per heavy atom. The Labute approximate surface area is 133 Å². The molecule has 0 unspecified atom stereocenters. The van der Waals surface area contributed by atoms with Crippen LogP contribution in [0.5, 0.6) is 0 Å². The lowest BCUT2D eigenvalue weighted by atomic mass is 10.1. The second-order valence-corrected chi connectivity index (χ2v) is 5.73. The minimum atomic E-state index is -0.139. The highest BCUT2D eigenvalue weighted by Gasteiger charge is 2.23. The molecule has 6 heteroatoms. The van der Waals surface area contributed by atoms with Gasteiger partial charge in [0.1, 0.15) is 0 Å². The van der Waals surface area contributed by atoms with Crippen molar-refractivity contribution in [3.05, 3.63) is 53.3 Å². The third kappa shape index (κ3) is 2.32. The maximum atomic E-state index is 12.2. The average molecular weight is 307 g/mol. The van der Waals surface area contributed by atoms with E-state index >= 15 is 0 Å². The van der Waals surface area contributed by atoms with Gasteiger partial charge in [-0.3, -0.25) is 4.79 Å². The maximum absolute atomic E-state index is 12.2. The molecule has 1 aliphatic heterocycles. The van der Waals surface area contributed by atoms with Gasteiger partial charge in [0.25, 0.3) is 5.91 Å². The molecule has 2 aromatic heterocycles. The van der Waals surface area contributed by atoms with Gasteiger partial charge in [-0.2, -0.15) is 5.10 Å². The number of nitrogens with two attached hydrogens (primary N) is 1. The van der Waals surface area contributed by atoms with Gasteiger partial charge in [-0.15, -0.1) is 0 Å². The van der Waals surface area contributed by atoms with Crippen LogP contribution in [-0.2, 0) is 13.0 Å². The minimum absolute atomic E-state index is 0.139. The molecular formula is C17H17N5O. The number of aromatic nitrogens is 3. The van der Waals surface area contributed by atoms with Gasteiger partial charge in [0.15, 0.2) is 5.65 Å². The number of aryl methyl sites for hydroxylation is 1. The number of nitrogen functional groups attached to an aromatic ring is 1. The molecule has 3 heterocycles. The Hall–Kier alpha value is -2.89. The van der Waals surface area contributed by atoms with Crippen LogP contribution >= 0.6 is 0 Å². The van der Waals surface area contributed by atoms with Gasteiger partial charge in [-0.1, -0.05) is 30.3 Å². The third-order valence-corrected chi connectivity index (χ3v) is 4.18. The Bertz CT molecular complexity index is 885. The zero-order chi connectivity index (χ0) is 15.8. The number of nitrogens with one attached hydrogen (secondary N) is 1. The van der Waals surface area contributed by atoms with Crippen LogP contribution in [0, 0.1) is 0 Å². The van der Waals surface area contributed by atoms with Crippen LogP contribution < -0.4 is 11.1 Å². The van der Waals surface area contributed by atoms with Crippen LogP contribution in [0.2, 0.25) is 0 Å². The summed E-state index contributed by atoms with van der Waals surface area (Å²) in [6.45, 7) is 1.28. The molecule has 0 bridgehead atoms. The summed E-state index contributed by atoms with van der Waals surface area (Å²) in [5.41, 5.74) is 9.88. The summed E-state index contributed by atoms with van der Waals surface area (Å²) in [6.07, 6.45) is 3.30. The van der Waals surface area contributed by atoms with E-state index in [1.54, 1.807) is 6.20 Å². The number of benzene rings is 1. The van der Waals surface area contributed by atoms with E-state index < -0.39 is 0 Å². The fraction of sp³-hybridized carbons (Fsp3) is 0.235. The van der Waals surface area contributed by atoms with E-state index in [0.29, 0.717) is 24.3 Å². The topological polar surface area (TPSA) is 85.8 Å². The normalized spacial score (nSPS) is 14.3. The molecule has 0 aliphatic carbocycles. The Kier molecular flexibility index (Phi) is 3.22. The monoisotopic (exact) mass is 307 g/mol. The standard InChI is InChI=1S/C17H17N5O/c18-15-12-9-20-22(10-11-5-2-1-3-6-11)16(12)21-13-7-4-8-19-17(23)14(13)15/h1-3,5-6,9H,4,7-8,10H2,(H2,18,21)(H,19,23). The van der Waals surface area contributed by atoms with E-state index in [9.17, 15) is 4.79 Å². The summed E-state index contributed by atoms with van der Waals surface area (Å²) in [6, 6.07) is 10.1. The first kappa shape index (κ1) is 13.8. The van der Waals surface area contributed by atoms with Crippen molar-refractivity contribution in [1.29, 1.82) is 0 Å². The molecule has 0 saturated carbocycles. The van der Waals surface area contributed by atoms with Crippen molar-refractivity contribution in [3.8, 4) is 0 Å². The molecule has 3 N–H and O–H groups in total. The number of fused-ring (bicyclic) bond motifs is 2. The molecule has 1 aromatic carbocycles. The number of nitrogens with zero attached hydrogens (tertiary/aromatic N) is 3. The van der Waals surface area contributed by atoms with Crippen molar-refractivity contribution in [1.82, 2.24) is 20.1 Å². The molecule has 23 heavy (non-hydrogen) atoms. The van der Waals surface area contributed by atoms with Crippen LogP contribution in [-0.4, -0.2) is 27.2 Å². The molecule has 6 nitrogen and oxygen atoms in total. The molecule has 0 atom stereocenters. The largest absolute Gasteiger partial charge is 0.397 e. The average Bonchev–Trinajstić information content (AvgIpc) is 2.85. The van der Waals surface area contributed by atoms with E-state index in [4.69, 9.17) is 10.7 Å². The SMILES string of the molecule is Nc1c2c(nc3c1cnn3Cc1ccccc1)CCCNC2=O. The highest BCUT2D eigenvalue weighted by molar-refractivity contribution is 6.07. The molecule has 0 radical (unpaired) electrons. The zero-order valence-electron chi connectivity index (χ0n) is 12.6. The van der Waals surface area contributed by atoms with Crippen molar-refractivity contribution >= 4 is 22.6 Å². The van der Waals surface area contributed by atoms with Gasteiger partial charge in [0.2, 0.25) is 0 Å². The number of anilines is 1. The summed E-state index contributed by atoms with van der Waals surface area (Å²) < 4.78 is 1.84. The van der Waals surface area contributed by atoms with Crippen molar-refractivity contribution in [2.45, 2.75) is 19.4 Å². The van der Waals surface area contributed by atoms with Gasteiger partial charge in [0.05, 0.1) is 35.1 Å². The van der Waals surface area contributed by atoms with Crippen LogP contribution in [0.1, 0.15) is 28.0 Å². The van der Waals surface area contributed by atoms with E-state index in [1.807, 2.05) is 35.0 Å². The van der Waals surface area contributed by atoms with Crippen molar-refractivity contribution in [3.63, 3.8) is 0 Å². The van der Waals surface area contributed by atoms with Gasteiger partial charge < -0.3 is 11.1 Å². The van der Waals surface area contributed by atoms with Crippen LogP contribution in [0.15, 0.2) is 36.5 Å². The number of hydrogen-bond donors (Lipinski definition) is 2. The first-order chi connectivity index (χ1) is 11.2. The Balaban J connectivity index is 1.85. The van der Waals surface area contributed by atoms with Crippen molar-refractivity contribution < 1.29 is 4.79 Å². The summed E-state index contributed by atoms with van der Waals surface area (Å²) in [5, 5.41) is 8.01. The Morgan fingerprint density at radius 3 is 2.91 bits per heavy atom. The summed E-state index contributed by atoms with van der Waals surface area (Å²) in [5.74, 6) is -0.139. The van der Waals surface area contributed by atoms with E-state index in [0.717, 1.165) is 35.1 Å². The molecule has 1 amide bonds. The van der Waals surface area contributed by atoms with Gasteiger partial charge >= 0.3 is 0 Å². The van der Waals surface area contributed by atoms with Crippen molar-refractivity contribution in [2.75, 3.05) is 12.3 Å². The fourth-order valence-corrected chi connectivity index (χ4v) is 3.01. The highest BCUT2D eigenvalue weighted by Crippen LogP contribution is 2.28. The smallest absolute Gasteiger partial charge is 0.255 e. The number of amides is 1. The molecule has 3 aromatic rings. The lowest BCUT2D eigenvalue weighted by Crippen LogP contribution is -2.24. The molecule has 0 fully saturated rings. The minimum Gasteiger partial charge on any atom is -0.397 e. The predicted octanol–water partition coefficient (Wildman–Crippen LogP) is 1.74. The third-order valence-electron chi connectivity index (χ3n) is 4.18. The summed E-state index contributed by atoms with van der Waals surface area (Å²) >= 11 is 0.